The zero-order chi connectivity index (χ0) is 5.21. The Hall–Kier alpha value is 1.64. The van der Waals surface area contributed by atoms with Crippen molar-refractivity contribution in [3.05, 3.63) is 0 Å². The Bertz CT molecular complexity index is 124. The molecule has 0 amide bonds. The fraction of sp³-hybridized carbons (Fsp3) is 0. The molecule has 0 rings (SSSR count). The normalized spacial score (nSPS) is 10.0. The Morgan fingerprint density at radius 2 is 1.86 bits per heavy atom. The van der Waals surface area contributed by atoms with Crippen molar-refractivity contribution in [2.75, 3.05) is 0 Å². The van der Waals surface area contributed by atoms with Crippen LogP contribution < -0.4 is 4.24 Å². The summed E-state index contributed by atoms with van der Waals surface area (Å²) >= 11 is 4.39. The average Bonchev–Trinajstić information content (AvgIpc) is 1.35. The van der Waals surface area contributed by atoms with Gasteiger partial charge in [0.2, 0.25) is 0 Å². The molecule has 0 bridgehead atoms. The first-order chi connectivity index (χ1) is 2.56. The summed E-state index contributed by atoms with van der Waals surface area (Å²) in [6.07, 6.45) is 0. The van der Waals surface area contributed by atoms with E-state index in [2.05, 4.69) is 11.8 Å². The molecular weight excluding hydrogens is 217 g/mol. The van der Waals surface area contributed by atoms with E-state index >= 15 is 0 Å². The van der Waals surface area contributed by atoms with Crippen molar-refractivity contribution in [1.82, 2.24) is 4.24 Å². The van der Waals surface area contributed by atoms with E-state index in [-0.39, 0.29) is 48.3 Å². The summed E-state index contributed by atoms with van der Waals surface area (Å²) in [5, 5.41) is 0. The average molecular weight is 221 g/mol. The molecule has 0 spiro atoms. The van der Waals surface area contributed by atoms with Gasteiger partial charge in [0, 0.05) is 0 Å². The van der Waals surface area contributed by atoms with Crippen LogP contribution in [0.5, 0.6) is 0 Å². The van der Waals surface area contributed by atoms with Crippen molar-refractivity contribution in [1.29, 1.82) is 0 Å². The first-order valence-corrected chi connectivity index (χ1v) is 2.73. The van der Waals surface area contributed by atoms with E-state index < -0.39 is 10.3 Å². The van der Waals surface area contributed by atoms with Crippen molar-refractivity contribution in [2.24, 2.45) is 0 Å². The standard InChI is InChI=1S/ClH2NO3S.Sr.2H/c1-2-6(3,4)5;;;/h2H,(H,3,4,5);;;/q;+2;2*-1. The smallest absolute Gasteiger partial charge is 1.00 e. The SMILES string of the molecule is O=S(=O)(O)NCl.[H-].[H-].[Sr+2]. The fourth-order valence-electron chi connectivity index (χ4n) is 0. The van der Waals surface area contributed by atoms with Crippen LogP contribution in [0.2, 0.25) is 0 Å². The second-order valence-electron chi connectivity index (χ2n) is 0.552. The van der Waals surface area contributed by atoms with Gasteiger partial charge in [-0.05, 0) is 11.8 Å². The van der Waals surface area contributed by atoms with Crippen LogP contribution in [-0.4, -0.2) is 58.5 Å². The molecule has 4 nitrogen and oxygen atoms in total. The second-order valence-corrected chi connectivity index (χ2v) is 2.12. The summed E-state index contributed by atoms with van der Waals surface area (Å²) in [6.45, 7) is 0. The summed E-state index contributed by atoms with van der Waals surface area (Å²) in [5.74, 6) is 0. The van der Waals surface area contributed by atoms with Crippen LogP contribution in [0.4, 0.5) is 0 Å². The predicted octanol–water partition coefficient (Wildman–Crippen LogP) is -0.623. The van der Waals surface area contributed by atoms with Gasteiger partial charge in [-0.25, -0.2) is 0 Å². The van der Waals surface area contributed by atoms with E-state index in [0.717, 1.165) is 4.24 Å². The number of nitrogens with one attached hydrogen (secondary N) is 1. The molecule has 0 aliphatic heterocycles. The first-order valence-electron chi connectivity index (χ1n) is 0.909. The maximum atomic E-state index is 9.31. The zero-order valence-electron chi connectivity index (χ0n) is 5.26. The van der Waals surface area contributed by atoms with Crippen LogP contribution in [0.3, 0.4) is 0 Å². The summed E-state index contributed by atoms with van der Waals surface area (Å²) in [4.78, 5) is 0. The molecule has 0 radical (unpaired) electrons. The van der Waals surface area contributed by atoms with Crippen molar-refractivity contribution < 1.29 is 15.8 Å². The van der Waals surface area contributed by atoms with Crippen LogP contribution in [0.15, 0.2) is 0 Å². The molecule has 0 aromatic heterocycles. The van der Waals surface area contributed by atoms with Crippen molar-refractivity contribution in [2.45, 2.75) is 0 Å². The van der Waals surface area contributed by atoms with Crippen molar-refractivity contribution in [3.63, 3.8) is 0 Å². The Morgan fingerprint density at radius 3 is 1.86 bits per heavy atom. The Morgan fingerprint density at radius 1 is 1.71 bits per heavy atom. The van der Waals surface area contributed by atoms with Gasteiger partial charge in [0.25, 0.3) is 0 Å². The second kappa shape index (κ2) is 4.51. The Kier molecular flexibility index (Phi) is 7.37. The maximum Gasteiger partial charge on any atom is 2.00 e. The van der Waals surface area contributed by atoms with Gasteiger partial charge >= 0.3 is 55.8 Å². The predicted molar refractivity (Wildman–Crippen MR) is 28.5 cm³/mol. The van der Waals surface area contributed by atoms with E-state index in [0.29, 0.717) is 0 Å². The largest absolute Gasteiger partial charge is 2.00 e. The van der Waals surface area contributed by atoms with Gasteiger partial charge in [-0.2, -0.15) is 8.42 Å². The number of hydrogen-bond acceptors (Lipinski definition) is 2. The summed E-state index contributed by atoms with van der Waals surface area (Å²) in [5.41, 5.74) is 0. The molecule has 0 aromatic rings. The quantitative estimate of drug-likeness (QED) is 0.352. The molecule has 2 N–H and O–H groups in total. The Labute approximate surface area is 86.5 Å². The molecule has 0 aliphatic rings. The molecule has 0 heterocycles. The van der Waals surface area contributed by atoms with Gasteiger partial charge in [0.15, 0.2) is 0 Å². The summed E-state index contributed by atoms with van der Waals surface area (Å²) in [7, 11) is -4.15. The molecule has 0 unspecified atom stereocenters. The third kappa shape index (κ3) is 11.3. The van der Waals surface area contributed by atoms with Crippen LogP contribution in [0, 0.1) is 0 Å². The minimum absolute atomic E-state index is 0. The molecule has 7 heteroatoms. The van der Waals surface area contributed by atoms with Gasteiger partial charge < -0.3 is 2.85 Å². The minimum atomic E-state index is -4.15. The molecule has 42 valence electrons. The summed E-state index contributed by atoms with van der Waals surface area (Å²) < 4.78 is 27.3. The van der Waals surface area contributed by atoms with E-state index in [1.165, 1.54) is 0 Å². The minimum Gasteiger partial charge on any atom is -1.00 e. The molecule has 0 aromatic carbocycles. The Balaban J connectivity index is -0.0000000417. The molecule has 0 saturated carbocycles. The summed E-state index contributed by atoms with van der Waals surface area (Å²) in [6, 6.07) is 0. The van der Waals surface area contributed by atoms with Crippen LogP contribution in [-0.2, 0) is 10.3 Å². The monoisotopic (exact) mass is 221 g/mol. The van der Waals surface area contributed by atoms with Gasteiger partial charge in [-0.3, -0.25) is 4.55 Å². The van der Waals surface area contributed by atoms with E-state index in [9.17, 15) is 8.42 Å². The van der Waals surface area contributed by atoms with E-state index in [4.69, 9.17) is 4.55 Å². The third-order valence-electron chi connectivity index (χ3n) is 0.0975. The molecule has 0 saturated heterocycles. The fourth-order valence-corrected chi connectivity index (χ4v) is 0. The molecule has 0 atom stereocenters. The van der Waals surface area contributed by atoms with Gasteiger partial charge in [0.05, 0.1) is 0 Å². The third-order valence-corrected chi connectivity index (χ3v) is 0.877. The zero-order valence-corrected chi connectivity index (χ0v) is 8.31. The van der Waals surface area contributed by atoms with Gasteiger partial charge in [0.1, 0.15) is 0 Å². The van der Waals surface area contributed by atoms with Gasteiger partial charge in [-0.1, -0.05) is 0 Å². The molecular formula is H4ClNO3SSr. The van der Waals surface area contributed by atoms with Crippen molar-refractivity contribution in [3.8, 4) is 0 Å². The molecule has 7 heavy (non-hydrogen) atoms. The van der Waals surface area contributed by atoms with E-state index in [1.54, 1.807) is 0 Å². The first kappa shape index (κ1) is 11.4. The van der Waals surface area contributed by atoms with Crippen molar-refractivity contribution >= 4 is 67.6 Å². The van der Waals surface area contributed by atoms with E-state index in [1.807, 2.05) is 0 Å². The van der Waals surface area contributed by atoms with Crippen LogP contribution in [0.25, 0.3) is 0 Å². The number of halogens is 1. The number of rotatable bonds is 1. The maximum absolute atomic E-state index is 9.31. The topological polar surface area (TPSA) is 66.4 Å². The van der Waals surface area contributed by atoms with Crippen LogP contribution in [0.1, 0.15) is 2.85 Å². The van der Waals surface area contributed by atoms with Gasteiger partial charge in [-0.15, -0.1) is 4.24 Å². The molecule has 0 aliphatic carbocycles. The number of hydrogen-bond donors (Lipinski definition) is 2. The molecule has 0 fully saturated rings. The van der Waals surface area contributed by atoms with Crippen LogP contribution >= 0.6 is 11.8 Å².